The third kappa shape index (κ3) is 2.30. The smallest absolute Gasteiger partial charge is 0.356 e. The van der Waals surface area contributed by atoms with E-state index in [1.165, 1.54) is 13.3 Å². The van der Waals surface area contributed by atoms with E-state index in [4.69, 9.17) is 0 Å². The number of aromatic nitrogens is 4. The molecule has 0 atom stereocenters. The van der Waals surface area contributed by atoms with Gasteiger partial charge in [-0.1, -0.05) is 0 Å². The van der Waals surface area contributed by atoms with E-state index in [1.807, 2.05) is 6.92 Å². The molecule has 0 spiro atoms. The fraction of sp³-hybridized carbons (Fsp3) is 0.273. The van der Waals surface area contributed by atoms with Crippen LogP contribution >= 0.6 is 0 Å². The van der Waals surface area contributed by atoms with E-state index in [0.29, 0.717) is 18.1 Å². The zero-order chi connectivity index (χ0) is 12.3. The quantitative estimate of drug-likeness (QED) is 0.732. The minimum atomic E-state index is -0.415. The van der Waals surface area contributed by atoms with Gasteiger partial charge in [-0.05, 0) is 13.0 Å². The molecule has 2 aromatic heterocycles. The highest BCUT2D eigenvalue weighted by Crippen LogP contribution is 2.08. The molecule has 2 heterocycles. The second kappa shape index (κ2) is 4.73. The Morgan fingerprint density at radius 2 is 2.06 bits per heavy atom. The highest BCUT2D eigenvalue weighted by Gasteiger charge is 2.15. The lowest BCUT2D eigenvalue weighted by Gasteiger charge is -2.07. The number of rotatable bonds is 3. The number of carbonyl (C=O) groups is 1. The Labute approximate surface area is 98.3 Å². The van der Waals surface area contributed by atoms with E-state index < -0.39 is 5.97 Å². The zero-order valence-electron chi connectivity index (χ0n) is 9.62. The molecule has 2 aromatic rings. The lowest BCUT2D eigenvalue weighted by molar-refractivity contribution is 0.0588. The average molecular weight is 232 g/mol. The first-order valence-electron chi connectivity index (χ1n) is 5.08. The van der Waals surface area contributed by atoms with Crippen LogP contribution < -0.4 is 0 Å². The maximum absolute atomic E-state index is 11.5. The van der Waals surface area contributed by atoms with Crippen LogP contribution in [-0.4, -0.2) is 32.6 Å². The molecule has 0 fully saturated rings. The van der Waals surface area contributed by atoms with Gasteiger partial charge in [0.2, 0.25) is 0 Å². The van der Waals surface area contributed by atoms with Crippen molar-refractivity contribution in [1.82, 2.24) is 19.5 Å². The molecule has 0 unspecified atom stereocenters. The van der Waals surface area contributed by atoms with Crippen molar-refractivity contribution in [3.63, 3.8) is 0 Å². The monoisotopic (exact) mass is 232 g/mol. The molecule has 6 heteroatoms. The molecule has 0 aliphatic rings. The van der Waals surface area contributed by atoms with Crippen molar-refractivity contribution in [3.05, 3.63) is 42.0 Å². The number of imidazole rings is 1. The van der Waals surface area contributed by atoms with Crippen molar-refractivity contribution < 1.29 is 9.53 Å². The van der Waals surface area contributed by atoms with E-state index in [1.54, 1.807) is 23.0 Å². The second-order valence-corrected chi connectivity index (χ2v) is 3.43. The normalized spacial score (nSPS) is 10.2. The molecule has 88 valence electrons. The minimum absolute atomic E-state index is 0.400. The predicted octanol–water partition coefficient (Wildman–Crippen LogP) is 0.816. The summed E-state index contributed by atoms with van der Waals surface area (Å²) in [5, 5.41) is 0. The summed E-state index contributed by atoms with van der Waals surface area (Å²) in [4.78, 5) is 23.8. The van der Waals surface area contributed by atoms with Crippen LogP contribution in [0.15, 0.2) is 24.7 Å². The Morgan fingerprint density at radius 3 is 2.71 bits per heavy atom. The Morgan fingerprint density at radius 1 is 1.35 bits per heavy atom. The van der Waals surface area contributed by atoms with Gasteiger partial charge >= 0.3 is 5.97 Å². The van der Waals surface area contributed by atoms with Gasteiger partial charge in [-0.3, -0.25) is 0 Å². The molecule has 17 heavy (non-hydrogen) atoms. The molecule has 0 amide bonds. The number of hydrogen-bond donors (Lipinski definition) is 0. The Kier molecular flexibility index (Phi) is 3.13. The van der Waals surface area contributed by atoms with Gasteiger partial charge in [0.15, 0.2) is 0 Å². The van der Waals surface area contributed by atoms with Crippen molar-refractivity contribution in [2.45, 2.75) is 13.5 Å². The molecule has 0 bridgehead atoms. The summed E-state index contributed by atoms with van der Waals surface area (Å²) in [6.07, 6.45) is 4.81. The maximum Gasteiger partial charge on any atom is 0.356 e. The summed E-state index contributed by atoms with van der Waals surface area (Å²) in [6.45, 7) is 2.21. The van der Waals surface area contributed by atoms with Gasteiger partial charge in [0.1, 0.15) is 17.3 Å². The molecule has 2 rings (SSSR count). The molecule has 6 nitrogen and oxygen atoms in total. The van der Waals surface area contributed by atoms with Crippen LogP contribution in [0, 0.1) is 6.92 Å². The number of nitrogens with zero attached hydrogens (tertiary/aromatic N) is 4. The van der Waals surface area contributed by atoms with Gasteiger partial charge in [0.05, 0.1) is 19.9 Å². The van der Waals surface area contributed by atoms with Gasteiger partial charge in [0.25, 0.3) is 0 Å². The molecular weight excluding hydrogens is 220 g/mol. The van der Waals surface area contributed by atoms with Gasteiger partial charge in [-0.25, -0.2) is 19.7 Å². The van der Waals surface area contributed by atoms with Crippen LogP contribution in [0.5, 0.6) is 0 Å². The number of hydrogen-bond acceptors (Lipinski definition) is 5. The predicted molar refractivity (Wildman–Crippen MR) is 59.4 cm³/mol. The van der Waals surface area contributed by atoms with Gasteiger partial charge in [-0.2, -0.15) is 0 Å². The van der Waals surface area contributed by atoms with Gasteiger partial charge < -0.3 is 9.30 Å². The summed E-state index contributed by atoms with van der Waals surface area (Å²) in [5.41, 5.74) is 0.400. The van der Waals surface area contributed by atoms with Crippen LogP contribution in [0.25, 0.3) is 0 Å². The Hall–Kier alpha value is -2.24. The maximum atomic E-state index is 11.5. The van der Waals surface area contributed by atoms with E-state index in [0.717, 1.165) is 5.82 Å². The molecule has 0 aliphatic heterocycles. The van der Waals surface area contributed by atoms with Crippen LogP contribution in [-0.2, 0) is 11.3 Å². The number of methoxy groups -OCH3 is 1. The number of ether oxygens (including phenoxy) is 1. The van der Waals surface area contributed by atoms with Gasteiger partial charge in [-0.15, -0.1) is 0 Å². The van der Waals surface area contributed by atoms with Crippen molar-refractivity contribution in [3.8, 4) is 0 Å². The van der Waals surface area contributed by atoms with Crippen LogP contribution in [0.3, 0.4) is 0 Å². The lowest BCUT2D eigenvalue weighted by Crippen LogP contribution is -2.14. The third-order valence-corrected chi connectivity index (χ3v) is 2.37. The van der Waals surface area contributed by atoms with Crippen molar-refractivity contribution >= 4 is 5.97 Å². The second-order valence-electron chi connectivity index (χ2n) is 3.43. The van der Waals surface area contributed by atoms with Crippen LogP contribution in [0.4, 0.5) is 0 Å². The molecule has 0 aliphatic carbocycles. The first kappa shape index (κ1) is 11.3. The molecule has 0 saturated heterocycles. The molecule has 0 N–H and O–H groups in total. The van der Waals surface area contributed by atoms with E-state index >= 15 is 0 Å². The number of carbonyl (C=O) groups excluding carboxylic acids is 1. The standard InChI is InChI=1S/C11H12N4O2/c1-8-14-6-9(11(16)17-2)15(8)7-10-12-4-3-5-13-10/h3-6H,7H2,1-2H3. The summed E-state index contributed by atoms with van der Waals surface area (Å²) in [6, 6.07) is 1.74. The zero-order valence-corrected chi connectivity index (χ0v) is 9.62. The van der Waals surface area contributed by atoms with E-state index in [-0.39, 0.29) is 0 Å². The molecule has 0 radical (unpaired) electrons. The Balaban J connectivity index is 2.32. The fourth-order valence-corrected chi connectivity index (χ4v) is 1.49. The summed E-state index contributed by atoms with van der Waals surface area (Å²) < 4.78 is 6.41. The molecule has 0 aromatic carbocycles. The lowest BCUT2D eigenvalue weighted by atomic mass is 10.4. The average Bonchev–Trinajstić information content (AvgIpc) is 2.72. The largest absolute Gasteiger partial charge is 0.464 e. The summed E-state index contributed by atoms with van der Waals surface area (Å²) in [7, 11) is 1.34. The first-order valence-corrected chi connectivity index (χ1v) is 5.08. The highest BCUT2D eigenvalue weighted by molar-refractivity contribution is 5.87. The topological polar surface area (TPSA) is 69.9 Å². The number of esters is 1. The van der Waals surface area contributed by atoms with Gasteiger partial charge in [0, 0.05) is 12.4 Å². The highest BCUT2D eigenvalue weighted by atomic mass is 16.5. The summed E-state index contributed by atoms with van der Waals surface area (Å²) in [5.74, 6) is 0.929. The third-order valence-electron chi connectivity index (χ3n) is 2.37. The fourth-order valence-electron chi connectivity index (χ4n) is 1.49. The first-order chi connectivity index (χ1) is 8.22. The van der Waals surface area contributed by atoms with Crippen LogP contribution in [0.2, 0.25) is 0 Å². The molecular formula is C11H12N4O2. The van der Waals surface area contributed by atoms with Crippen molar-refractivity contribution in [1.29, 1.82) is 0 Å². The summed E-state index contributed by atoms with van der Waals surface area (Å²) >= 11 is 0. The van der Waals surface area contributed by atoms with Crippen molar-refractivity contribution in [2.24, 2.45) is 0 Å². The van der Waals surface area contributed by atoms with E-state index in [9.17, 15) is 4.79 Å². The SMILES string of the molecule is COC(=O)c1cnc(C)n1Cc1ncccn1. The molecule has 0 saturated carbocycles. The number of aryl methyl sites for hydroxylation is 1. The van der Waals surface area contributed by atoms with E-state index in [2.05, 4.69) is 19.7 Å². The van der Waals surface area contributed by atoms with Crippen molar-refractivity contribution in [2.75, 3.05) is 7.11 Å². The Bertz CT molecular complexity index is 522. The van der Waals surface area contributed by atoms with Crippen LogP contribution in [0.1, 0.15) is 22.1 Å². The minimum Gasteiger partial charge on any atom is -0.464 e.